The van der Waals surface area contributed by atoms with Crippen molar-refractivity contribution in [3.05, 3.63) is 59.2 Å². The Morgan fingerprint density at radius 1 is 1.05 bits per heavy atom. The molecule has 0 aliphatic carbocycles. The summed E-state index contributed by atoms with van der Waals surface area (Å²) in [6.07, 6.45) is 1.40. The normalized spacial score (nSPS) is 23.6. The first kappa shape index (κ1) is 28.3. The molecule has 2 N–H and O–H groups in total. The highest BCUT2D eigenvalue weighted by Gasteiger charge is 2.66. The minimum absolute atomic E-state index is 0.0359. The summed E-state index contributed by atoms with van der Waals surface area (Å²) in [6, 6.07) is 8.72. The number of rotatable bonds is 3. The largest absolute Gasteiger partial charge is 0.390 e. The summed E-state index contributed by atoms with van der Waals surface area (Å²) in [5.74, 6) is -1.29. The summed E-state index contributed by atoms with van der Waals surface area (Å²) in [6.45, 7) is 1.17. The van der Waals surface area contributed by atoms with Crippen LogP contribution in [0.25, 0.3) is 16.9 Å². The molecule has 2 aliphatic rings. The second-order valence-corrected chi connectivity index (χ2v) is 10.2. The average Bonchev–Trinajstić information content (AvgIpc) is 3.49. The molecular formula is C23H13B8FN6O2. The maximum absolute atomic E-state index is 14.9. The molecule has 5 rings (SSSR count). The van der Waals surface area contributed by atoms with Crippen molar-refractivity contribution in [3.8, 4) is 23.0 Å². The van der Waals surface area contributed by atoms with Crippen molar-refractivity contribution in [2.75, 3.05) is 4.90 Å². The highest BCUT2D eigenvalue weighted by molar-refractivity contribution is 6.65. The van der Waals surface area contributed by atoms with Crippen LogP contribution in [-0.2, 0) is 6.54 Å². The molecule has 178 valence electrons. The maximum Gasteiger partial charge on any atom is 0.255 e. The Morgan fingerprint density at radius 2 is 1.73 bits per heavy atom. The topological polar surface area (TPSA) is 107 Å². The third kappa shape index (κ3) is 3.47. The molecule has 1 saturated heterocycles. The van der Waals surface area contributed by atoms with Gasteiger partial charge in [-0.3, -0.25) is 4.79 Å². The summed E-state index contributed by atoms with van der Waals surface area (Å²) < 4.78 is 16.1. The van der Waals surface area contributed by atoms with Crippen LogP contribution in [0, 0.1) is 17.1 Å². The molecular weight excluding hydrogens is 498 g/mol. The molecule has 4 heterocycles. The smallest absolute Gasteiger partial charge is 0.255 e. The third-order valence-corrected chi connectivity index (χ3v) is 7.83. The van der Waals surface area contributed by atoms with Crippen molar-refractivity contribution in [3.63, 3.8) is 0 Å². The first-order valence-corrected chi connectivity index (χ1v) is 11.8. The van der Waals surface area contributed by atoms with Gasteiger partial charge >= 0.3 is 0 Å². The molecule has 1 atom stereocenters. The van der Waals surface area contributed by atoms with E-state index in [2.05, 4.69) is 15.4 Å². The molecule has 17 heteroatoms. The Bertz CT molecular complexity index is 1590. The van der Waals surface area contributed by atoms with Gasteiger partial charge in [-0.1, -0.05) is 16.5 Å². The van der Waals surface area contributed by atoms with E-state index in [4.69, 9.17) is 62.8 Å². The van der Waals surface area contributed by atoms with Crippen molar-refractivity contribution in [1.29, 1.82) is 5.26 Å². The lowest BCUT2D eigenvalue weighted by Gasteiger charge is -2.76. The van der Waals surface area contributed by atoms with E-state index in [0.29, 0.717) is 5.69 Å². The maximum atomic E-state index is 14.9. The van der Waals surface area contributed by atoms with Crippen LogP contribution < -0.4 is 10.2 Å². The minimum atomic E-state index is -2.40. The van der Waals surface area contributed by atoms with Crippen molar-refractivity contribution in [2.45, 2.75) is 40.2 Å². The molecule has 1 aromatic carbocycles. The predicted molar refractivity (Wildman–Crippen MR) is 153 cm³/mol. The summed E-state index contributed by atoms with van der Waals surface area (Å²) in [7, 11) is 50.0. The molecule has 0 saturated carbocycles. The van der Waals surface area contributed by atoms with Crippen LogP contribution in [0.1, 0.15) is 28.5 Å². The molecule has 3 aromatic rings. The molecule has 16 radical (unpaired) electrons. The first-order valence-electron chi connectivity index (χ1n) is 11.8. The SMILES string of the molecule is [B]C1([B])N(c2ccn(-c3cc(-c4c(F)cccc4C#N)nc4c3C(=O)NC4)n2)C([B])([B])C(C)(O)C([B])([B])C1([B])[B]. The number of carbonyl (C=O) groups is 1. The molecule has 2 aliphatic heterocycles. The lowest BCUT2D eigenvalue weighted by atomic mass is 9.12. The van der Waals surface area contributed by atoms with Crippen LogP contribution in [0.2, 0.25) is 10.4 Å². The number of hydrogen-bond acceptors (Lipinski definition) is 6. The van der Waals surface area contributed by atoms with E-state index < -0.39 is 38.4 Å². The first-order chi connectivity index (χ1) is 18.4. The van der Waals surface area contributed by atoms with Gasteiger partial charge in [-0.25, -0.2) is 14.1 Å². The number of aliphatic hydroxyl groups is 1. The number of nitriles is 1. The number of halogens is 1. The van der Waals surface area contributed by atoms with E-state index in [1.54, 1.807) is 0 Å². The number of nitrogens with one attached hydrogen (secondary N) is 1. The van der Waals surface area contributed by atoms with E-state index >= 15 is 0 Å². The van der Waals surface area contributed by atoms with Gasteiger partial charge in [0, 0.05) is 12.3 Å². The molecule has 1 unspecified atom stereocenters. The zero-order valence-corrected chi connectivity index (χ0v) is 21.3. The van der Waals surface area contributed by atoms with Crippen LogP contribution in [-0.4, -0.2) is 105 Å². The summed E-state index contributed by atoms with van der Waals surface area (Å²) in [5.41, 5.74) is -1.75. The van der Waals surface area contributed by atoms with Crippen LogP contribution in [0.3, 0.4) is 0 Å². The van der Waals surface area contributed by atoms with Crippen molar-refractivity contribution >= 4 is 74.5 Å². The summed E-state index contributed by atoms with van der Waals surface area (Å²) in [5, 5.41) is 18.3. The van der Waals surface area contributed by atoms with Gasteiger partial charge in [-0.15, -0.1) is 0 Å². The summed E-state index contributed by atoms with van der Waals surface area (Å²) >= 11 is 0. The number of fused-ring (bicyclic) bond motifs is 1. The number of carbonyl (C=O) groups excluding carboxylic acids is 1. The van der Waals surface area contributed by atoms with Crippen molar-refractivity contribution in [2.24, 2.45) is 0 Å². The van der Waals surface area contributed by atoms with Crippen molar-refractivity contribution in [1.82, 2.24) is 20.1 Å². The third-order valence-electron chi connectivity index (χ3n) is 7.83. The van der Waals surface area contributed by atoms with Gasteiger partial charge in [0.15, 0.2) is 0 Å². The van der Waals surface area contributed by atoms with Crippen molar-refractivity contribution < 1.29 is 14.3 Å². The van der Waals surface area contributed by atoms with Gasteiger partial charge in [-0.05, 0) is 35.8 Å². The van der Waals surface area contributed by atoms with Crippen LogP contribution >= 0.6 is 0 Å². The molecule has 1 amide bonds. The fourth-order valence-corrected chi connectivity index (χ4v) is 5.12. The Hall–Kier alpha value is -3.25. The fourth-order valence-electron chi connectivity index (χ4n) is 5.12. The van der Waals surface area contributed by atoms with E-state index in [0.717, 1.165) is 11.8 Å². The van der Waals surface area contributed by atoms with Gasteiger partial charge in [0.1, 0.15) is 11.6 Å². The number of hydrogen-bond donors (Lipinski definition) is 2. The van der Waals surface area contributed by atoms with Gasteiger partial charge < -0.3 is 15.3 Å². The molecule has 0 spiro atoms. The zero-order chi connectivity index (χ0) is 29.6. The van der Waals surface area contributed by atoms with E-state index in [9.17, 15) is 19.6 Å². The average molecular weight is 511 g/mol. The lowest BCUT2D eigenvalue weighted by molar-refractivity contribution is -0.00784. The van der Waals surface area contributed by atoms with Gasteiger partial charge in [0.05, 0.1) is 115 Å². The second-order valence-electron chi connectivity index (χ2n) is 10.2. The number of piperidine rings is 1. The number of benzene rings is 1. The number of aromatic nitrogens is 3. The van der Waals surface area contributed by atoms with E-state index in [1.807, 2.05) is 6.07 Å². The fraction of sp³-hybridized carbons (Fsp3) is 0.304. The minimum Gasteiger partial charge on any atom is -0.390 e. The number of amides is 1. The van der Waals surface area contributed by atoms with Crippen LogP contribution in [0.4, 0.5) is 10.2 Å². The Morgan fingerprint density at radius 3 is 2.38 bits per heavy atom. The quantitative estimate of drug-likeness (QED) is 0.422. The molecule has 1 fully saturated rings. The second kappa shape index (κ2) is 8.62. The monoisotopic (exact) mass is 512 g/mol. The molecule has 40 heavy (non-hydrogen) atoms. The molecule has 8 nitrogen and oxygen atoms in total. The van der Waals surface area contributed by atoms with E-state index in [-0.39, 0.29) is 40.4 Å². The predicted octanol–water partition coefficient (Wildman–Crippen LogP) is -1.35. The summed E-state index contributed by atoms with van der Waals surface area (Å²) in [4.78, 5) is 18.1. The Kier molecular flexibility index (Phi) is 6.10. The lowest BCUT2D eigenvalue weighted by Crippen LogP contribution is -2.84. The number of anilines is 1. The van der Waals surface area contributed by atoms with E-state index in [1.165, 1.54) is 41.2 Å². The standard InChI is InChI=1S/C23H13B8FN6O2/c1-19(40)20(24,25)21(26,27)23(30,31)38(22(19,28)29)15-5-6-37(36-15)14-7-12(35-13-9-34-18(39)17(13)14)16-10(8-33)3-2-4-11(16)32/h2-7,40H,9H2,1H3,(H,34,39). The highest BCUT2D eigenvalue weighted by atomic mass is 19.1. The van der Waals surface area contributed by atoms with Gasteiger partial charge in [0.2, 0.25) is 0 Å². The molecule has 0 bridgehead atoms. The number of pyridine rings is 1. The highest BCUT2D eigenvalue weighted by Crippen LogP contribution is 2.64. The Balaban J connectivity index is 1.71. The van der Waals surface area contributed by atoms with Crippen LogP contribution in [0.5, 0.6) is 0 Å². The van der Waals surface area contributed by atoms with Gasteiger partial charge in [0.25, 0.3) is 5.91 Å². The van der Waals surface area contributed by atoms with Crippen LogP contribution in [0.15, 0.2) is 36.5 Å². The Labute approximate surface area is 241 Å². The van der Waals surface area contributed by atoms with Gasteiger partial charge in [-0.2, -0.15) is 10.4 Å². The number of nitrogens with zero attached hydrogens (tertiary/aromatic N) is 5. The zero-order valence-electron chi connectivity index (χ0n) is 21.3. The molecule has 2 aromatic heterocycles.